The van der Waals surface area contributed by atoms with Gasteiger partial charge in [0, 0.05) is 5.56 Å². The number of likely N-dealkylation sites (N-methyl/N-ethyl adjacent to an activating group) is 1. The molecule has 1 aromatic rings. The summed E-state index contributed by atoms with van der Waals surface area (Å²) in [6.45, 7) is 3.56. The van der Waals surface area contributed by atoms with Crippen LogP contribution < -0.4 is 5.32 Å². The van der Waals surface area contributed by atoms with Crippen LogP contribution in [0.5, 0.6) is 0 Å². The van der Waals surface area contributed by atoms with Crippen LogP contribution in [0, 0.1) is 18.6 Å². The fourth-order valence-corrected chi connectivity index (χ4v) is 2.52. The van der Waals surface area contributed by atoms with Crippen molar-refractivity contribution in [3.63, 3.8) is 0 Å². The molecular formula is C14H19F2NO. The summed E-state index contributed by atoms with van der Waals surface area (Å²) in [6, 6.07) is 2.22. The van der Waals surface area contributed by atoms with Crippen LogP contribution in [0.2, 0.25) is 0 Å². The smallest absolute Gasteiger partial charge is 0.128 e. The molecule has 3 unspecified atom stereocenters. The second kappa shape index (κ2) is 5.33. The highest BCUT2D eigenvalue weighted by atomic mass is 19.1. The van der Waals surface area contributed by atoms with Gasteiger partial charge in [0.15, 0.2) is 0 Å². The maximum Gasteiger partial charge on any atom is 0.128 e. The van der Waals surface area contributed by atoms with E-state index in [2.05, 4.69) is 5.32 Å². The van der Waals surface area contributed by atoms with Crippen LogP contribution in [0.25, 0.3) is 0 Å². The van der Waals surface area contributed by atoms with Crippen molar-refractivity contribution in [1.29, 1.82) is 0 Å². The van der Waals surface area contributed by atoms with Crippen LogP contribution >= 0.6 is 0 Å². The third-order valence-electron chi connectivity index (χ3n) is 3.56. The fourth-order valence-electron chi connectivity index (χ4n) is 2.52. The first-order valence-corrected chi connectivity index (χ1v) is 6.31. The van der Waals surface area contributed by atoms with Crippen LogP contribution in [-0.2, 0) is 4.74 Å². The van der Waals surface area contributed by atoms with E-state index in [0.717, 1.165) is 12.8 Å². The lowest BCUT2D eigenvalue weighted by Crippen LogP contribution is -2.30. The third-order valence-corrected chi connectivity index (χ3v) is 3.56. The molecule has 3 atom stereocenters. The van der Waals surface area contributed by atoms with E-state index in [1.54, 1.807) is 14.0 Å². The molecule has 0 aliphatic carbocycles. The van der Waals surface area contributed by atoms with Crippen LogP contribution in [-0.4, -0.2) is 19.3 Å². The molecule has 100 valence electrons. The van der Waals surface area contributed by atoms with E-state index in [4.69, 9.17) is 4.74 Å². The summed E-state index contributed by atoms with van der Waals surface area (Å²) >= 11 is 0. The van der Waals surface area contributed by atoms with Gasteiger partial charge in [-0.1, -0.05) is 0 Å². The summed E-state index contributed by atoms with van der Waals surface area (Å²) in [5.41, 5.74) is 0.673. The highest BCUT2D eigenvalue weighted by molar-refractivity contribution is 5.28. The molecule has 18 heavy (non-hydrogen) atoms. The standard InChI is InChI=1S/C14H19F2NO/c1-8-6-12(16)10(7-11(8)15)14(17-3)13-5-4-9(2)18-13/h6-7,9,13-14,17H,4-5H2,1-3H3. The Balaban J connectivity index is 2.30. The van der Waals surface area contributed by atoms with Crippen molar-refractivity contribution in [2.75, 3.05) is 7.05 Å². The van der Waals surface area contributed by atoms with Gasteiger partial charge in [0.1, 0.15) is 11.6 Å². The molecule has 1 saturated heterocycles. The molecule has 0 aromatic heterocycles. The van der Waals surface area contributed by atoms with E-state index in [1.165, 1.54) is 12.1 Å². The SMILES string of the molecule is CNC(c1cc(F)c(C)cc1F)C1CCC(C)O1. The number of hydrogen-bond acceptors (Lipinski definition) is 2. The average molecular weight is 255 g/mol. The number of rotatable bonds is 3. The maximum atomic E-state index is 14.0. The lowest BCUT2D eigenvalue weighted by molar-refractivity contribution is 0.0325. The monoisotopic (exact) mass is 255 g/mol. The van der Waals surface area contributed by atoms with Gasteiger partial charge in [0.05, 0.1) is 18.2 Å². The van der Waals surface area contributed by atoms with Gasteiger partial charge in [-0.05, 0) is 51.4 Å². The summed E-state index contributed by atoms with van der Waals surface area (Å²) in [5, 5.41) is 3.04. The molecule has 2 rings (SSSR count). The topological polar surface area (TPSA) is 21.3 Å². The molecule has 2 nitrogen and oxygen atoms in total. The van der Waals surface area contributed by atoms with E-state index >= 15 is 0 Å². The van der Waals surface area contributed by atoms with Crippen molar-refractivity contribution in [2.24, 2.45) is 0 Å². The molecule has 1 aliphatic heterocycles. The Morgan fingerprint density at radius 1 is 1.28 bits per heavy atom. The lowest BCUT2D eigenvalue weighted by atomic mass is 9.97. The number of halogens is 2. The zero-order valence-electron chi connectivity index (χ0n) is 11.0. The Morgan fingerprint density at radius 3 is 2.56 bits per heavy atom. The molecule has 0 bridgehead atoms. The zero-order valence-corrected chi connectivity index (χ0v) is 11.0. The van der Waals surface area contributed by atoms with E-state index in [0.29, 0.717) is 11.1 Å². The molecule has 0 saturated carbocycles. The number of ether oxygens (including phenoxy) is 1. The Labute approximate surface area is 106 Å². The highest BCUT2D eigenvalue weighted by Gasteiger charge is 2.31. The third kappa shape index (κ3) is 2.54. The first-order chi connectivity index (χ1) is 8.52. The summed E-state index contributed by atoms with van der Waals surface area (Å²) in [4.78, 5) is 0. The normalized spacial score (nSPS) is 25.4. The summed E-state index contributed by atoms with van der Waals surface area (Å²) in [6.07, 6.45) is 1.91. The van der Waals surface area contributed by atoms with E-state index in [-0.39, 0.29) is 29.9 Å². The van der Waals surface area contributed by atoms with Crippen LogP contribution in [0.4, 0.5) is 8.78 Å². The maximum absolute atomic E-state index is 14.0. The minimum absolute atomic E-state index is 0.0957. The molecule has 1 fully saturated rings. The van der Waals surface area contributed by atoms with E-state index < -0.39 is 0 Å². The van der Waals surface area contributed by atoms with Gasteiger partial charge in [0.25, 0.3) is 0 Å². The van der Waals surface area contributed by atoms with Crippen molar-refractivity contribution in [3.05, 3.63) is 34.9 Å². The first-order valence-electron chi connectivity index (χ1n) is 6.31. The Kier molecular flexibility index (Phi) is 3.97. The summed E-state index contributed by atoms with van der Waals surface area (Å²) in [5.74, 6) is -0.755. The van der Waals surface area contributed by atoms with Gasteiger partial charge in [-0.25, -0.2) is 8.78 Å². The number of hydrogen-bond donors (Lipinski definition) is 1. The van der Waals surface area contributed by atoms with Gasteiger partial charge in [-0.3, -0.25) is 0 Å². The second-order valence-electron chi connectivity index (χ2n) is 4.95. The Morgan fingerprint density at radius 2 is 2.00 bits per heavy atom. The minimum atomic E-state index is -0.378. The lowest BCUT2D eigenvalue weighted by Gasteiger charge is -2.24. The second-order valence-corrected chi connectivity index (χ2v) is 4.95. The first kappa shape index (κ1) is 13.4. The summed E-state index contributed by atoms with van der Waals surface area (Å²) in [7, 11) is 1.74. The van der Waals surface area contributed by atoms with Crippen LogP contribution in [0.3, 0.4) is 0 Å². The van der Waals surface area contributed by atoms with E-state index in [1.807, 2.05) is 6.92 Å². The Bertz CT molecular complexity index is 436. The van der Waals surface area contributed by atoms with Crippen molar-refractivity contribution in [2.45, 2.75) is 44.9 Å². The van der Waals surface area contributed by atoms with E-state index in [9.17, 15) is 8.78 Å². The van der Waals surface area contributed by atoms with Crippen LogP contribution in [0.15, 0.2) is 12.1 Å². The quantitative estimate of drug-likeness (QED) is 0.896. The van der Waals surface area contributed by atoms with Gasteiger partial charge in [0.2, 0.25) is 0 Å². The fraction of sp³-hybridized carbons (Fsp3) is 0.571. The van der Waals surface area contributed by atoms with Crippen molar-refractivity contribution < 1.29 is 13.5 Å². The molecule has 1 N–H and O–H groups in total. The minimum Gasteiger partial charge on any atom is -0.373 e. The molecule has 1 aromatic carbocycles. The van der Waals surface area contributed by atoms with Gasteiger partial charge < -0.3 is 10.1 Å². The van der Waals surface area contributed by atoms with Gasteiger partial charge >= 0.3 is 0 Å². The molecule has 0 amide bonds. The molecule has 0 radical (unpaired) electrons. The number of aryl methyl sites for hydroxylation is 1. The molecule has 4 heteroatoms. The van der Waals surface area contributed by atoms with Crippen molar-refractivity contribution in [1.82, 2.24) is 5.32 Å². The van der Waals surface area contributed by atoms with Crippen LogP contribution in [0.1, 0.15) is 36.9 Å². The predicted octanol–water partition coefficient (Wildman–Crippen LogP) is 3.10. The Hall–Kier alpha value is -1.00. The number of nitrogens with one attached hydrogen (secondary N) is 1. The molecule has 1 heterocycles. The largest absolute Gasteiger partial charge is 0.373 e. The summed E-state index contributed by atoms with van der Waals surface area (Å²) < 4.78 is 33.3. The molecular weight excluding hydrogens is 236 g/mol. The average Bonchev–Trinajstić information content (AvgIpc) is 2.73. The molecule has 1 aliphatic rings. The van der Waals surface area contributed by atoms with Crippen molar-refractivity contribution in [3.8, 4) is 0 Å². The van der Waals surface area contributed by atoms with Crippen molar-refractivity contribution >= 4 is 0 Å². The number of benzene rings is 1. The predicted molar refractivity (Wildman–Crippen MR) is 66.5 cm³/mol. The molecule has 0 spiro atoms. The van der Waals surface area contributed by atoms with Gasteiger partial charge in [-0.2, -0.15) is 0 Å². The highest BCUT2D eigenvalue weighted by Crippen LogP contribution is 2.31. The zero-order chi connectivity index (χ0) is 13.3. The van der Waals surface area contributed by atoms with Gasteiger partial charge in [-0.15, -0.1) is 0 Å².